The van der Waals surface area contributed by atoms with Gasteiger partial charge in [0, 0.05) is 11.6 Å². The van der Waals surface area contributed by atoms with E-state index in [0.29, 0.717) is 24.6 Å². The molecule has 2 N–H and O–H groups in total. The second-order valence-corrected chi connectivity index (χ2v) is 8.32. The lowest BCUT2D eigenvalue weighted by atomic mass is 10.2. The molecule has 2 aromatic carbocycles. The summed E-state index contributed by atoms with van der Waals surface area (Å²) in [5.74, 6) is 0.465. The molecule has 0 saturated heterocycles. The third kappa shape index (κ3) is 8.33. The summed E-state index contributed by atoms with van der Waals surface area (Å²) in [5, 5.41) is 6.11. The van der Waals surface area contributed by atoms with Gasteiger partial charge >= 0.3 is 6.09 Å². The highest BCUT2D eigenvalue weighted by Crippen LogP contribution is 2.16. The van der Waals surface area contributed by atoms with Gasteiger partial charge in [0.25, 0.3) is 0 Å². The quantitative estimate of drug-likeness (QED) is 0.625. The van der Waals surface area contributed by atoms with E-state index < -0.39 is 17.7 Å². The lowest BCUT2D eigenvalue weighted by Crippen LogP contribution is -2.47. The summed E-state index contributed by atoms with van der Waals surface area (Å²) in [6, 6.07) is 14.3. The molecule has 0 aliphatic rings. The summed E-state index contributed by atoms with van der Waals surface area (Å²) < 4.78 is 11.0. The number of hydrogen-bond donors (Lipinski definition) is 2. The highest BCUT2D eigenvalue weighted by atomic mass is 35.5. The fourth-order valence-corrected chi connectivity index (χ4v) is 2.83. The van der Waals surface area contributed by atoms with Crippen molar-refractivity contribution in [2.24, 2.45) is 0 Å². The van der Waals surface area contributed by atoms with Gasteiger partial charge in [-0.2, -0.15) is 0 Å². The molecule has 7 heteroatoms. The Morgan fingerprint density at radius 3 is 2.37 bits per heavy atom. The van der Waals surface area contributed by atoms with Crippen LogP contribution in [0, 0.1) is 0 Å². The van der Waals surface area contributed by atoms with Crippen LogP contribution in [-0.4, -0.2) is 23.6 Å². The van der Waals surface area contributed by atoms with Crippen molar-refractivity contribution < 1.29 is 19.1 Å². The molecule has 0 aromatic heterocycles. The molecule has 0 spiro atoms. The van der Waals surface area contributed by atoms with Crippen molar-refractivity contribution in [2.75, 3.05) is 0 Å². The van der Waals surface area contributed by atoms with E-state index in [1.807, 2.05) is 55.5 Å². The molecule has 0 saturated carbocycles. The predicted molar refractivity (Wildman–Crippen MR) is 118 cm³/mol. The van der Waals surface area contributed by atoms with Crippen LogP contribution in [0.1, 0.15) is 45.2 Å². The first-order chi connectivity index (χ1) is 14.2. The zero-order valence-electron chi connectivity index (χ0n) is 17.8. The Morgan fingerprint density at radius 2 is 1.77 bits per heavy atom. The summed E-state index contributed by atoms with van der Waals surface area (Å²) in [4.78, 5) is 24.3. The topological polar surface area (TPSA) is 76.7 Å². The largest absolute Gasteiger partial charge is 0.489 e. The van der Waals surface area contributed by atoms with Crippen molar-refractivity contribution in [1.82, 2.24) is 10.6 Å². The Bertz CT molecular complexity index is 847. The molecule has 0 radical (unpaired) electrons. The molecule has 0 fully saturated rings. The van der Waals surface area contributed by atoms with Crippen LogP contribution >= 0.6 is 11.6 Å². The molecule has 0 aliphatic carbocycles. The molecule has 30 heavy (non-hydrogen) atoms. The number of halogens is 1. The highest BCUT2D eigenvalue weighted by Gasteiger charge is 2.22. The Balaban J connectivity index is 1.81. The number of carbonyl (C=O) groups is 2. The molecule has 162 valence electrons. The van der Waals surface area contributed by atoms with Crippen molar-refractivity contribution >= 4 is 23.6 Å². The average molecular weight is 433 g/mol. The maximum atomic E-state index is 12.4. The van der Waals surface area contributed by atoms with Crippen LogP contribution in [0.2, 0.25) is 5.02 Å². The van der Waals surface area contributed by atoms with Gasteiger partial charge in [0.2, 0.25) is 5.91 Å². The van der Waals surface area contributed by atoms with Crippen LogP contribution < -0.4 is 15.4 Å². The van der Waals surface area contributed by atoms with Gasteiger partial charge in [-0.25, -0.2) is 4.79 Å². The first-order valence-electron chi connectivity index (χ1n) is 9.89. The van der Waals surface area contributed by atoms with Gasteiger partial charge in [0.1, 0.15) is 24.0 Å². The second kappa shape index (κ2) is 10.9. The first-order valence-corrected chi connectivity index (χ1v) is 10.3. The summed E-state index contributed by atoms with van der Waals surface area (Å²) in [7, 11) is 0. The zero-order valence-corrected chi connectivity index (χ0v) is 18.6. The minimum Gasteiger partial charge on any atom is -0.489 e. The first kappa shape index (κ1) is 23.5. The molecule has 6 nitrogen and oxygen atoms in total. The molecular formula is C23H29ClN2O4. The van der Waals surface area contributed by atoms with Crippen LogP contribution in [0.3, 0.4) is 0 Å². The van der Waals surface area contributed by atoms with Crippen molar-refractivity contribution in [3.8, 4) is 5.75 Å². The minimum atomic E-state index is -0.653. The molecule has 2 amide bonds. The maximum Gasteiger partial charge on any atom is 0.408 e. The van der Waals surface area contributed by atoms with E-state index >= 15 is 0 Å². The molecule has 0 aliphatic heterocycles. The molecule has 0 bridgehead atoms. The minimum absolute atomic E-state index is 0.260. The van der Waals surface area contributed by atoms with E-state index in [-0.39, 0.29) is 5.91 Å². The Kier molecular flexibility index (Phi) is 8.54. The van der Waals surface area contributed by atoms with Crippen molar-refractivity contribution in [3.63, 3.8) is 0 Å². The van der Waals surface area contributed by atoms with E-state index in [9.17, 15) is 9.59 Å². The number of carbonyl (C=O) groups excluding carboxylic acids is 2. The maximum absolute atomic E-state index is 12.4. The normalized spacial score (nSPS) is 12.0. The van der Waals surface area contributed by atoms with Crippen LogP contribution in [0.5, 0.6) is 5.75 Å². The SMILES string of the molecule is CCC(NC(=O)OC(C)(C)C)C(=O)NCc1ccc(OCc2cccc(Cl)c2)cc1. The molecule has 2 rings (SSSR count). The molecule has 1 unspecified atom stereocenters. The monoisotopic (exact) mass is 432 g/mol. The van der Waals surface area contributed by atoms with Crippen LogP contribution in [-0.2, 0) is 22.7 Å². The van der Waals surface area contributed by atoms with E-state index in [1.54, 1.807) is 20.8 Å². The number of ether oxygens (including phenoxy) is 2. The fourth-order valence-electron chi connectivity index (χ4n) is 2.61. The predicted octanol–water partition coefficient (Wildman–Crippen LogP) is 4.84. The summed E-state index contributed by atoms with van der Waals surface area (Å²) >= 11 is 5.98. The van der Waals surface area contributed by atoms with E-state index in [4.69, 9.17) is 21.1 Å². The third-order valence-corrected chi connectivity index (χ3v) is 4.34. The Labute approximate surface area is 182 Å². The summed E-state index contributed by atoms with van der Waals surface area (Å²) in [5.41, 5.74) is 1.29. The van der Waals surface area contributed by atoms with Crippen molar-refractivity contribution in [1.29, 1.82) is 0 Å². The highest BCUT2D eigenvalue weighted by molar-refractivity contribution is 6.30. The average Bonchev–Trinajstić information content (AvgIpc) is 2.68. The van der Waals surface area contributed by atoms with Gasteiger partial charge in [0.05, 0.1) is 0 Å². The van der Waals surface area contributed by atoms with Crippen LogP contribution in [0.15, 0.2) is 48.5 Å². The lowest BCUT2D eigenvalue weighted by Gasteiger charge is -2.22. The van der Waals surface area contributed by atoms with E-state index in [2.05, 4.69) is 10.6 Å². The second-order valence-electron chi connectivity index (χ2n) is 7.89. The van der Waals surface area contributed by atoms with Gasteiger partial charge < -0.3 is 20.1 Å². The van der Waals surface area contributed by atoms with Gasteiger partial charge in [-0.1, -0.05) is 42.8 Å². The number of rotatable bonds is 8. The number of nitrogens with one attached hydrogen (secondary N) is 2. The van der Waals surface area contributed by atoms with Gasteiger partial charge in [-0.3, -0.25) is 4.79 Å². The van der Waals surface area contributed by atoms with Gasteiger partial charge in [0.15, 0.2) is 0 Å². The Morgan fingerprint density at radius 1 is 1.07 bits per heavy atom. The van der Waals surface area contributed by atoms with Crippen molar-refractivity contribution in [2.45, 2.75) is 58.9 Å². The van der Waals surface area contributed by atoms with Crippen LogP contribution in [0.4, 0.5) is 4.79 Å². The number of alkyl carbamates (subject to hydrolysis) is 1. The number of amides is 2. The standard InChI is InChI=1S/C23H29ClN2O4/c1-5-20(26-22(28)30-23(2,3)4)21(27)25-14-16-9-11-19(12-10-16)29-15-17-7-6-8-18(24)13-17/h6-13,20H,5,14-15H2,1-4H3,(H,25,27)(H,26,28). The number of benzene rings is 2. The molecular weight excluding hydrogens is 404 g/mol. The van der Waals surface area contributed by atoms with Gasteiger partial charge in [-0.15, -0.1) is 0 Å². The molecule has 1 atom stereocenters. The fraction of sp³-hybridized carbons (Fsp3) is 0.391. The lowest BCUT2D eigenvalue weighted by molar-refractivity contribution is -0.123. The summed E-state index contributed by atoms with van der Waals surface area (Å²) in [6.07, 6.45) is -0.146. The van der Waals surface area contributed by atoms with E-state index in [1.165, 1.54) is 0 Å². The molecule has 0 heterocycles. The zero-order chi connectivity index (χ0) is 22.1. The van der Waals surface area contributed by atoms with E-state index in [0.717, 1.165) is 16.9 Å². The number of hydrogen-bond acceptors (Lipinski definition) is 4. The van der Waals surface area contributed by atoms with Gasteiger partial charge in [-0.05, 0) is 62.6 Å². The Hall–Kier alpha value is -2.73. The van der Waals surface area contributed by atoms with Crippen LogP contribution in [0.25, 0.3) is 0 Å². The smallest absolute Gasteiger partial charge is 0.408 e. The summed E-state index contributed by atoms with van der Waals surface area (Å²) in [6.45, 7) is 7.92. The third-order valence-electron chi connectivity index (χ3n) is 4.10. The van der Waals surface area contributed by atoms with Crippen molar-refractivity contribution in [3.05, 3.63) is 64.7 Å². The molecule has 2 aromatic rings.